The molecule has 1 saturated heterocycles. The fraction of sp³-hybridized carbons (Fsp3) is 0.500. The molecule has 1 atom stereocenters. The number of hydrogen-bond donors (Lipinski definition) is 1. The molecule has 1 N–H and O–H groups in total. The fourth-order valence-corrected chi connectivity index (χ4v) is 3.56. The van der Waals surface area contributed by atoms with Gasteiger partial charge in [-0.25, -0.2) is 0 Å². The van der Waals surface area contributed by atoms with E-state index in [2.05, 4.69) is 21.2 Å². The number of benzene rings is 1. The smallest absolute Gasteiger partial charge is 0.261 e. The number of rotatable bonds is 4. The van der Waals surface area contributed by atoms with Crippen molar-refractivity contribution in [3.8, 4) is 5.75 Å². The van der Waals surface area contributed by atoms with E-state index >= 15 is 0 Å². The number of nitrogens with zero attached hydrogens (tertiary/aromatic N) is 1. The van der Waals surface area contributed by atoms with Crippen LogP contribution in [0.15, 0.2) is 28.7 Å². The van der Waals surface area contributed by atoms with E-state index in [0.29, 0.717) is 17.4 Å². The van der Waals surface area contributed by atoms with Gasteiger partial charge >= 0.3 is 0 Å². The topological polar surface area (TPSA) is 58.6 Å². The molecule has 1 aliphatic heterocycles. The zero-order valence-electron chi connectivity index (χ0n) is 13.5. The molecule has 0 radical (unpaired) electrons. The van der Waals surface area contributed by atoms with Crippen molar-refractivity contribution < 1.29 is 14.3 Å². The minimum atomic E-state index is -0.430. The maximum Gasteiger partial charge on any atom is 0.261 e. The Morgan fingerprint density at radius 1 is 1.35 bits per heavy atom. The van der Waals surface area contributed by atoms with Gasteiger partial charge in [0.1, 0.15) is 11.8 Å². The van der Waals surface area contributed by atoms with Crippen LogP contribution in [0.4, 0.5) is 0 Å². The second kappa shape index (κ2) is 7.57. The zero-order chi connectivity index (χ0) is 17.0. The van der Waals surface area contributed by atoms with Crippen LogP contribution < -0.4 is 10.1 Å². The van der Waals surface area contributed by atoms with E-state index in [1.165, 1.54) is 0 Å². The lowest BCUT2D eigenvalue weighted by Crippen LogP contribution is -2.53. The number of thioether (sulfide) groups is 1. The molecule has 2 rings (SSSR count). The first-order valence-corrected chi connectivity index (χ1v) is 9.28. The maximum atomic E-state index is 12.4. The lowest BCUT2D eigenvalue weighted by molar-refractivity contribution is -0.140. The molecule has 0 aromatic heterocycles. The number of carbonyl (C=O) groups is 2. The molecule has 0 saturated carbocycles. The average Bonchev–Trinajstić information content (AvgIpc) is 2.94. The minimum absolute atomic E-state index is 0.0680. The molecule has 1 aliphatic rings. The minimum Gasteiger partial charge on any atom is -0.484 e. The third kappa shape index (κ3) is 5.42. The molecule has 1 unspecified atom stereocenters. The molecular weight excluding hydrogens is 380 g/mol. The standard InChI is InChI=1S/C16H21BrN2O3S/c1-16(2,3)18-15(21)13-9-23-10-19(13)14(20)8-22-12-6-4-11(17)5-7-12/h4-7,13H,8-10H2,1-3H3,(H,18,21). The predicted octanol–water partition coefficient (Wildman–Crippen LogP) is 2.64. The second-order valence-electron chi connectivity index (χ2n) is 6.36. The zero-order valence-corrected chi connectivity index (χ0v) is 15.9. The van der Waals surface area contributed by atoms with E-state index in [4.69, 9.17) is 4.74 Å². The lowest BCUT2D eigenvalue weighted by Gasteiger charge is -2.27. The number of ether oxygens (including phenoxy) is 1. The van der Waals surface area contributed by atoms with Crippen LogP contribution in [0.25, 0.3) is 0 Å². The van der Waals surface area contributed by atoms with Crippen LogP contribution >= 0.6 is 27.7 Å². The molecule has 0 bridgehead atoms. The highest BCUT2D eigenvalue weighted by atomic mass is 79.9. The Labute approximate surface area is 149 Å². The van der Waals surface area contributed by atoms with Crippen LogP contribution in [0.1, 0.15) is 20.8 Å². The van der Waals surface area contributed by atoms with E-state index in [9.17, 15) is 9.59 Å². The maximum absolute atomic E-state index is 12.4. The van der Waals surface area contributed by atoms with Crippen molar-refractivity contribution in [1.29, 1.82) is 0 Å². The number of halogens is 1. The van der Waals surface area contributed by atoms with Crippen molar-refractivity contribution in [1.82, 2.24) is 10.2 Å². The highest BCUT2D eigenvalue weighted by Crippen LogP contribution is 2.22. The summed E-state index contributed by atoms with van der Waals surface area (Å²) in [6, 6.07) is 6.86. The third-order valence-corrected chi connectivity index (χ3v) is 4.72. The summed E-state index contributed by atoms with van der Waals surface area (Å²) in [6.45, 7) is 5.71. The monoisotopic (exact) mass is 400 g/mol. The SMILES string of the molecule is CC(C)(C)NC(=O)C1CSCN1C(=O)COc1ccc(Br)cc1. The van der Waals surface area contributed by atoms with E-state index in [0.717, 1.165) is 4.47 Å². The van der Waals surface area contributed by atoms with Crippen LogP contribution in [0.2, 0.25) is 0 Å². The van der Waals surface area contributed by atoms with E-state index in [-0.39, 0.29) is 24.0 Å². The summed E-state index contributed by atoms with van der Waals surface area (Å²) in [4.78, 5) is 26.3. The lowest BCUT2D eigenvalue weighted by atomic mass is 10.1. The van der Waals surface area contributed by atoms with Gasteiger partial charge in [0.05, 0.1) is 5.88 Å². The van der Waals surface area contributed by atoms with E-state index in [1.54, 1.807) is 28.8 Å². The summed E-state index contributed by atoms with van der Waals surface area (Å²) in [5.41, 5.74) is -0.313. The molecule has 2 amide bonds. The van der Waals surface area contributed by atoms with Crippen molar-refractivity contribution in [2.24, 2.45) is 0 Å². The Morgan fingerprint density at radius 3 is 2.61 bits per heavy atom. The highest BCUT2D eigenvalue weighted by molar-refractivity contribution is 9.10. The second-order valence-corrected chi connectivity index (χ2v) is 8.28. The quantitative estimate of drug-likeness (QED) is 0.843. The molecule has 7 heteroatoms. The van der Waals surface area contributed by atoms with Crippen LogP contribution in [0.3, 0.4) is 0 Å². The van der Waals surface area contributed by atoms with Gasteiger partial charge in [0.15, 0.2) is 6.61 Å². The number of carbonyl (C=O) groups excluding carboxylic acids is 2. The largest absolute Gasteiger partial charge is 0.484 e. The molecule has 1 aromatic carbocycles. The van der Waals surface area contributed by atoms with Crippen LogP contribution in [-0.2, 0) is 9.59 Å². The molecular formula is C16H21BrN2O3S. The van der Waals surface area contributed by atoms with Crippen molar-refractivity contribution in [3.05, 3.63) is 28.7 Å². The molecule has 0 aliphatic carbocycles. The van der Waals surface area contributed by atoms with Gasteiger partial charge in [-0.2, -0.15) is 0 Å². The van der Waals surface area contributed by atoms with Gasteiger partial charge in [0, 0.05) is 15.8 Å². The fourth-order valence-electron chi connectivity index (χ4n) is 2.12. The Kier molecular flexibility index (Phi) is 5.97. The van der Waals surface area contributed by atoms with Crippen LogP contribution in [0, 0.1) is 0 Å². The molecule has 126 valence electrons. The molecule has 1 aromatic rings. The number of amides is 2. The van der Waals surface area contributed by atoms with Gasteiger partial charge in [0.25, 0.3) is 5.91 Å². The summed E-state index contributed by atoms with van der Waals surface area (Å²) < 4.78 is 6.46. The normalized spacial score (nSPS) is 17.9. The van der Waals surface area contributed by atoms with Crippen molar-refractivity contribution >= 4 is 39.5 Å². The van der Waals surface area contributed by atoms with Gasteiger partial charge in [-0.3, -0.25) is 9.59 Å². The Bertz CT molecular complexity index is 572. The van der Waals surface area contributed by atoms with Gasteiger partial charge < -0.3 is 15.0 Å². The predicted molar refractivity (Wildman–Crippen MR) is 95.5 cm³/mol. The molecule has 5 nitrogen and oxygen atoms in total. The van der Waals surface area contributed by atoms with Gasteiger partial charge in [-0.15, -0.1) is 11.8 Å². The van der Waals surface area contributed by atoms with Crippen molar-refractivity contribution in [3.63, 3.8) is 0 Å². The van der Waals surface area contributed by atoms with Crippen LogP contribution in [0.5, 0.6) is 5.75 Å². The molecule has 23 heavy (non-hydrogen) atoms. The summed E-state index contributed by atoms with van der Waals surface area (Å²) in [6.07, 6.45) is 0. The highest BCUT2D eigenvalue weighted by Gasteiger charge is 2.35. The van der Waals surface area contributed by atoms with Crippen LogP contribution in [-0.4, -0.2) is 46.5 Å². The van der Waals surface area contributed by atoms with E-state index in [1.807, 2.05) is 32.9 Å². The first kappa shape index (κ1) is 18.1. The summed E-state index contributed by atoms with van der Waals surface area (Å²) >= 11 is 4.93. The first-order valence-electron chi connectivity index (χ1n) is 7.34. The van der Waals surface area contributed by atoms with Gasteiger partial charge in [-0.1, -0.05) is 15.9 Å². The summed E-state index contributed by atoms with van der Waals surface area (Å²) in [7, 11) is 0. The molecule has 1 heterocycles. The Balaban J connectivity index is 1.92. The third-order valence-electron chi connectivity index (χ3n) is 3.18. The Morgan fingerprint density at radius 2 is 2.00 bits per heavy atom. The average molecular weight is 401 g/mol. The summed E-state index contributed by atoms with van der Waals surface area (Å²) in [5.74, 6) is 1.48. The van der Waals surface area contributed by atoms with Crippen molar-refractivity contribution in [2.45, 2.75) is 32.4 Å². The number of hydrogen-bond acceptors (Lipinski definition) is 4. The number of nitrogens with one attached hydrogen (secondary N) is 1. The van der Waals surface area contributed by atoms with Crippen molar-refractivity contribution in [2.75, 3.05) is 18.2 Å². The summed E-state index contributed by atoms with van der Waals surface area (Å²) in [5, 5.41) is 2.93. The van der Waals surface area contributed by atoms with E-state index < -0.39 is 6.04 Å². The van der Waals surface area contributed by atoms with Gasteiger partial charge in [-0.05, 0) is 45.0 Å². The Hall–Kier alpha value is -1.21. The molecule has 1 fully saturated rings. The first-order chi connectivity index (χ1) is 10.8. The van der Waals surface area contributed by atoms with Gasteiger partial charge in [0.2, 0.25) is 5.91 Å². The molecule has 0 spiro atoms.